The minimum Gasteiger partial charge on any atom is -0.454 e. The highest BCUT2D eigenvalue weighted by atomic mass is 19.1. The first-order valence-corrected chi connectivity index (χ1v) is 6.87. The fourth-order valence-corrected chi connectivity index (χ4v) is 1.91. The van der Waals surface area contributed by atoms with E-state index in [9.17, 15) is 18.0 Å². The van der Waals surface area contributed by atoms with E-state index >= 15 is 0 Å². The summed E-state index contributed by atoms with van der Waals surface area (Å²) < 4.78 is 45.5. The van der Waals surface area contributed by atoms with Crippen molar-refractivity contribution in [3.05, 3.63) is 72.2 Å². The molecule has 9 heteroatoms. The van der Waals surface area contributed by atoms with Crippen molar-refractivity contribution in [3.8, 4) is 11.5 Å². The van der Waals surface area contributed by atoms with Crippen molar-refractivity contribution in [2.24, 2.45) is 0 Å². The molecule has 1 amide bonds. The highest BCUT2D eigenvalue weighted by Gasteiger charge is 2.14. The fraction of sp³-hybridized carbons (Fsp3) is 0. The number of benzene rings is 1. The average Bonchev–Trinajstić information content (AvgIpc) is 2.57. The van der Waals surface area contributed by atoms with Crippen LogP contribution in [0.25, 0.3) is 0 Å². The second kappa shape index (κ2) is 6.95. The van der Waals surface area contributed by atoms with Crippen LogP contribution in [-0.4, -0.2) is 20.9 Å². The lowest BCUT2D eigenvalue weighted by atomic mass is 10.2. The summed E-state index contributed by atoms with van der Waals surface area (Å²) in [5.74, 6) is -3.74. The van der Waals surface area contributed by atoms with Crippen molar-refractivity contribution >= 4 is 11.7 Å². The molecule has 0 aliphatic carbocycles. The molecule has 6 nitrogen and oxygen atoms in total. The lowest BCUT2D eigenvalue weighted by Gasteiger charge is -2.09. The summed E-state index contributed by atoms with van der Waals surface area (Å²) in [6.07, 6.45) is 4.75. The Morgan fingerprint density at radius 1 is 0.920 bits per heavy atom. The molecular formula is C16H9F3N4O2. The lowest BCUT2D eigenvalue weighted by molar-refractivity contribution is 0.102. The van der Waals surface area contributed by atoms with E-state index in [1.807, 2.05) is 0 Å². The summed E-state index contributed by atoms with van der Waals surface area (Å²) in [6.45, 7) is 0. The van der Waals surface area contributed by atoms with Crippen LogP contribution in [0.1, 0.15) is 10.4 Å². The van der Waals surface area contributed by atoms with Crippen LogP contribution >= 0.6 is 0 Å². The molecule has 0 saturated heterocycles. The second-order valence-electron chi connectivity index (χ2n) is 4.79. The number of anilines is 1. The first kappa shape index (κ1) is 16.4. The summed E-state index contributed by atoms with van der Waals surface area (Å²) in [4.78, 5) is 23.1. The molecule has 0 bridgehead atoms. The third kappa shape index (κ3) is 4.08. The van der Waals surface area contributed by atoms with Gasteiger partial charge in [0, 0.05) is 17.7 Å². The van der Waals surface area contributed by atoms with E-state index in [1.165, 1.54) is 24.8 Å². The van der Waals surface area contributed by atoms with E-state index in [2.05, 4.69) is 20.3 Å². The van der Waals surface area contributed by atoms with E-state index in [1.54, 1.807) is 0 Å². The molecule has 0 fully saturated rings. The molecule has 0 spiro atoms. The molecule has 0 radical (unpaired) electrons. The number of hydrogen-bond acceptors (Lipinski definition) is 5. The third-order valence-corrected chi connectivity index (χ3v) is 2.95. The molecule has 0 aliphatic rings. The number of carbonyl (C=O) groups is 1. The maximum Gasteiger partial charge on any atom is 0.257 e. The maximum absolute atomic E-state index is 13.7. The van der Waals surface area contributed by atoms with Crippen LogP contribution < -0.4 is 10.1 Å². The summed E-state index contributed by atoms with van der Waals surface area (Å²) in [7, 11) is 0. The van der Waals surface area contributed by atoms with Gasteiger partial charge in [0.1, 0.15) is 23.7 Å². The number of carbonyl (C=O) groups excluding carboxylic acids is 1. The summed E-state index contributed by atoms with van der Waals surface area (Å²) in [6, 6.07) is 3.80. The van der Waals surface area contributed by atoms with Gasteiger partial charge in [-0.05, 0) is 12.1 Å². The van der Waals surface area contributed by atoms with Gasteiger partial charge < -0.3 is 10.1 Å². The molecule has 3 aromatic rings. The molecular weight excluding hydrogens is 337 g/mol. The number of halogens is 3. The molecule has 0 unspecified atom stereocenters. The van der Waals surface area contributed by atoms with Crippen LogP contribution in [-0.2, 0) is 0 Å². The monoisotopic (exact) mass is 346 g/mol. The van der Waals surface area contributed by atoms with Crippen molar-refractivity contribution in [3.63, 3.8) is 0 Å². The Balaban J connectivity index is 1.82. The molecule has 1 aromatic carbocycles. The van der Waals surface area contributed by atoms with Gasteiger partial charge in [-0.3, -0.25) is 4.79 Å². The highest BCUT2D eigenvalue weighted by molar-refractivity contribution is 6.04. The van der Waals surface area contributed by atoms with Gasteiger partial charge >= 0.3 is 0 Å². The number of ether oxygens (including phenoxy) is 1. The predicted molar refractivity (Wildman–Crippen MR) is 80.6 cm³/mol. The van der Waals surface area contributed by atoms with Crippen LogP contribution in [0, 0.1) is 17.5 Å². The molecule has 0 aliphatic heterocycles. The number of amides is 1. The number of hydrogen-bond donors (Lipinski definition) is 1. The molecule has 25 heavy (non-hydrogen) atoms. The van der Waals surface area contributed by atoms with Crippen LogP contribution in [0.15, 0.2) is 49.2 Å². The number of nitrogens with one attached hydrogen (secondary N) is 1. The van der Waals surface area contributed by atoms with Gasteiger partial charge in [0.15, 0.2) is 17.4 Å². The van der Waals surface area contributed by atoms with Gasteiger partial charge in [-0.1, -0.05) is 0 Å². The maximum atomic E-state index is 13.7. The number of rotatable bonds is 4. The van der Waals surface area contributed by atoms with Gasteiger partial charge in [0.05, 0.1) is 18.6 Å². The van der Waals surface area contributed by atoms with E-state index < -0.39 is 29.2 Å². The first-order chi connectivity index (χ1) is 12.0. The minimum absolute atomic E-state index is 0.0208. The van der Waals surface area contributed by atoms with E-state index in [4.69, 9.17) is 4.74 Å². The van der Waals surface area contributed by atoms with Crippen LogP contribution in [0.4, 0.5) is 19.0 Å². The van der Waals surface area contributed by atoms with Gasteiger partial charge in [-0.2, -0.15) is 0 Å². The van der Waals surface area contributed by atoms with Gasteiger partial charge in [-0.15, -0.1) is 0 Å². The number of nitrogens with zero attached hydrogens (tertiary/aromatic N) is 3. The van der Waals surface area contributed by atoms with Gasteiger partial charge in [-0.25, -0.2) is 28.1 Å². The molecule has 2 heterocycles. The van der Waals surface area contributed by atoms with Crippen molar-refractivity contribution in [2.75, 3.05) is 5.32 Å². The normalized spacial score (nSPS) is 10.4. The summed E-state index contributed by atoms with van der Waals surface area (Å²) in [5.41, 5.74) is -0.141. The SMILES string of the molecule is O=C(Nc1ncc(F)cc1F)c1cc(F)cc(Oc2cncnc2)c1. The van der Waals surface area contributed by atoms with E-state index in [0.29, 0.717) is 6.07 Å². The van der Waals surface area contributed by atoms with Crippen molar-refractivity contribution in [2.45, 2.75) is 0 Å². The summed E-state index contributed by atoms with van der Waals surface area (Å²) in [5, 5.41) is 2.13. The molecule has 126 valence electrons. The Morgan fingerprint density at radius 2 is 1.68 bits per heavy atom. The Labute approximate surface area is 139 Å². The summed E-state index contributed by atoms with van der Waals surface area (Å²) >= 11 is 0. The highest BCUT2D eigenvalue weighted by Crippen LogP contribution is 2.23. The first-order valence-electron chi connectivity index (χ1n) is 6.87. The fourth-order valence-electron chi connectivity index (χ4n) is 1.91. The second-order valence-corrected chi connectivity index (χ2v) is 4.79. The lowest BCUT2D eigenvalue weighted by Crippen LogP contribution is -2.14. The standard InChI is InChI=1S/C16H9F3N4O2/c17-10-1-9(2-12(3-10)25-13-6-20-8-21-7-13)16(24)23-15-14(19)4-11(18)5-22-15/h1-8H,(H,22,23,24). The zero-order chi connectivity index (χ0) is 17.8. The number of aromatic nitrogens is 3. The zero-order valence-electron chi connectivity index (χ0n) is 12.4. The van der Waals surface area contributed by atoms with Crippen LogP contribution in [0.3, 0.4) is 0 Å². The molecule has 2 aromatic heterocycles. The average molecular weight is 346 g/mol. The molecule has 1 N–H and O–H groups in total. The minimum atomic E-state index is -1.05. The Morgan fingerprint density at radius 3 is 2.40 bits per heavy atom. The third-order valence-electron chi connectivity index (χ3n) is 2.95. The Bertz CT molecular complexity index is 923. The largest absolute Gasteiger partial charge is 0.454 e. The molecule has 0 saturated carbocycles. The van der Waals surface area contributed by atoms with Crippen molar-refractivity contribution in [1.29, 1.82) is 0 Å². The van der Waals surface area contributed by atoms with E-state index in [-0.39, 0.29) is 17.1 Å². The molecule has 0 atom stereocenters. The number of pyridine rings is 1. The van der Waals surface area contributed by atoms with Crippen molar-refractivity contribution in [1.82, 2.24) is 15.0 Å². The quantitative estimate of drug-likeness (QED) is 0.784. The van der Waals surface area contributed by atoms with Crippen LogP contribution in [0.5, 0.6) is 11.5 Å². The van der Waals surface area contributed by atoms with Gasteiger partial charge in [0.25, 0.3) is 5.91 Å². The topological polar surface area (TPSA) is 77.0 Å². The Hall–Kier alpha value is -3.49. The predicted octanol–water partition coefficient (Wildman–Crippen LogP) is 3.33. The zero-order valence-corrected chi connectivity index (χ0v) is 12.4. The van der Waals surface area contributed by atoms with E-state index in [0.717, 1.165) is 18.3 Å². The van der Waals surface area contributed by atoms with Crippen molar-refractivity contribution < 1.29 is 22.7 Å². The van der Waals surface area contributed by atoms with Crippen LogP contribution in [0.2, 0.25) is 0 Å². The molecule has 3 rings (SSSR count). The van der Waals surface area contributed by atoms with Gasteiger partial charge in [0.2, 0.25) is 0 Å². The Kier molecular flexibility index (Phi) is 4.55. The smallest absolute Gasteiger partial charge is 0.257 e.